The van der Waals surface area contributed by atoms with Gasteiger partial charge in [0.15, 0.2) is 0 Å². The van der Waals surface area contributed by atoms with Crippen LogP contribution in [0.25, 0.3) is 0 Å². The van der Waals surface area contributed by atoms with E-state index < -0.39 is 0 Å². The first-order chi connectivity index (χ1) is 7.22. The number of hydrogen-bond donors (Lipinski definition) is 0. The van der Waals surface area contributed by atoms with Crippen molar-refractivity contribution in [1.29, 1.82) is 0 Å². The molecule has 3 unspecified atom stereocenters. The zero-order valence-corrected chi connectivity index (χ0v) is 10.9. The van der Waals surface area contributed by atoms with Gasteiger partial charge in [-0.25, -0.2) is 4.98 Å². The molecule has 0 N–H and O–H groups in total. The van der Waals surface area contributed by atoms with Gasteiger partial charge < -0.3 is 0 Å². The fourth-order valence-electron chi connectivity index (χ4n) is 2.63. The second-order valence-electron chi connectivity index (χ2n) is 4.43. The van der Waals surface area contributed by atoms with Gasteiger partial charge >= 0.3 is 0 Å². The first-order valence-corrected chi connectivity index (χ1v) is 6.62. The maximum Gasteiger partial charge on any atom is 0.138 e. The number of rotatable bonds is 2. The van der Waals surface area contributed by atoms with Gasteiger partial charge in [-0.05, 0) is 25.2 Å². The average molecular weight is 272 g/mol. The minimum Gasteiger partial charge on any atom is -0.253 e. The molecule has 0 radical (unpaired) electrons. The Bertz CT molecular complexity index is 323. The molecule has 3 nitrogen and oxygen atoms in total. The van der Waals surface area contributed by atoms with Crippen molar-refractivity contribution in [2.24, 2.45) is 13.0 Å². The third kappa shape index (κ3) is 2.25. The van der Waals surface area contributed by atoms with Crippen molar-refractivity contribution in [2.45, 2.75) is 43.4 Å². The topological polar surface area (TPSA) is 30.7 Å². The van der Waals surface area contributed by atoms with Crippen LogP contribution in [0.4, 0.5) is 0 Å². The van der Waals surface area contributed by atoms with Crippen molar-refractivity contribution < 1.29 is 0 Å². The summed E-state index contributed by atoms with van der Waals surface area (Å²) in [6, 6.07) is 0. The predicted octanol–water partition coefficient (Wildman–Crippen LogP) is 2.87. The summed E-state index contributed by atoms with van der Waals surface area (Å²) in [5.74, 6) is 2.52. The Balaban J connectivity index is 2.20. The summed E-state index contributed by atoms with van der Waals surface area (Å²) in [6.07, 6.45) is 6.72. The molecule has 0 aliphatic heterocycles. The Labute approximate surface area is 99.4 Å². The maximum atomic E-state index is 4.40. The lowest BCUT2D eigenvalue weighted by Crippen LogP contribution is -2.25. The zero-order chi connectivity index (χ0) is 10.8. The molecule has 0 bridgehead atoms. The van der Waals surface area contributed by atoms with E-state index in [-0.39, 0.29) is 0 Å². The molecule has 1 aromatic rings. The van der Waals surface area contributed by atoms with E-state index in [1.54, 1.807) is 6.33 Å². The zero-order valence-electron chi connectivity index (χ0n) is 9.36. The third-order valence-corrected chi connectivity index (χ3v) is 4.36. The third-order valence-electron chi connectivity index (χ3n) is 3.53. The van der Waals surface area contributed by atoms with Crippen LogP contribution in [0.2, 0.25) is 0 Å². The lowest BCUT2D eigenvalue weighted by atomic mass is 9.77. The van der Waals surface area contributed by atoms with E-state index in [2.05, 4.69) is 32.9 Å². The SMILES string of the molecule is CCC1CCC(Br)CC1c1ncnn1C. The standard InChI is InChI=1S/C11H18BrN3/c1-3-8-4-5-9(12)6-10(8)11-13-7-14-15(11)2/h7-10H,3-6H2,1-2H3. The first-order valence-electron chi connectivity index (χ1n) is 5.70. The lowest BCUT2D eigenvalue weighted by molar-refractivity contribution is 0.292. The highest BCUT2D eigenvalue weighted by Crippen LogP contribution is 2.40. The van der Waals surface area contributed by atoms with Crippen molar-refractivity contribution in [1.82, 2.24) is 14.8 Å². The molecule has 0 aromatic carbocycles. The summed E-state index contributed by atoms with van der Waals surface area (Å²) in [5, 5.41) is 4.18. The van der Waals surface area contributed by atoms with Crippen molar-refractivity contribution in [3.05, 3.63) is 12.2 Å². The van der Waals surface area contributed by atoms with Crippen molar-refractivity contribution in [3.8, 4) is 0 Å². The van der Waals surface area contributed by atoms with Crippen LogP contribution >= 0.6 is 15.9 Å². The molecule has 1 fully saturated rings. The van der Waals surface area contributed by atoms with Gasteiger partial charge in [0.1, 0.15) is 12.2 Å². The molecule has 0 amide bonds. The van der Waals surface area contributed by atoms with Gasteiger partial charge in [0, 0.05) is 17.8 Å². The second kappa shape index (κ2) is 4.64. The molecule has 1 aliphatic carbocycles. The monoisotopic (exact) mass is 271 g/mol. The van der Waals surface area contributed by atoms with Crippen LogP contribution in [0.15, 0.2) is 6.33 Å². The molecule has 3 atom stereocenters. The van der Waals surface area contributed by atoms with Crippen LogP contribution < -0.4 is 0 Å². The number of alkyl halides is 1. The van der Waals surface area contributed by atoms with Crippen LogP contribution in [0.3, 0.4) is 0 Å². The Morgan fingerprint density at radius 3 is 2.93 bits per heavy atom. The highest BCUT2D eigenvalue weighted by Gasteiger charge is 2.31. The first kappa shape index (κ1) is 11.1. The number of aromatic nitrogens is 3. The van der Waals surface area contributed by atoms with E-state index in [1.807, 2.05) is 11.7 Å². The largest absolute Gasteiger partial charge is 0.253 e. The number of nitrogens with zero attached hydrogens (tertiary/aromatic N) is 3. The Morgan fingerprint density at radius 1 is 1.53 bits per heavy atom. The van der Waals surface area contributed by atoms with E-state index in [1.165, 1.54) is 25.7 Å². The van der Waals surface area contributed by atoms with Crippen molar-refractivity contribution >= 4 is 15.9 Å². The van der Waals surface area contributed by atoms with Gasteiger partial charge in [0.05, 0.1) is 0 Å². The number of aryl methyl sites for hydroxylation is 1. The number of hydrogen-bond acceptors (Lipinski definition) is 2. The summed E-state index contributed by atoms with van der Waals surface area (Å²) in [7, 11) is 1.99. The fourth-order valence-corrected chi connectivity index (χ4v) is 3.29. The predicted molar refractivity (Wildman–Crippen MR) is 64.1 cm³/mol. The second-order valence-corrected chi connectivity index (χ2v) is 5.72. The smallest absolute Gasteiger partial charge is 0.138 e. The quantitative estimate of drug-likeness (QED) is 0.775. The molecule has 1 aliphatic rings. The van der Waals surface area contributed by atoms with E-state index >= 15 is 0 Å². The van der Waals surface area contributed by atoms with Gasteiger partial charge in [0.25, 0.3) is 0 Å². The Hall–Kier alpha value is -0.380. The van der Waals surface area contributed by atoms with Gasteiger partial charge in [-0.3, -0.25) is 4.68 Å². The molecule has 0 saturated heterocycles. The minimum absolute atomic E-state index is 0.584. The van der Waals surface area contributed by atoms with Crippen LogP contribution in [0.1, 0.15) is 44.3 Å². The molecule has 1 saturated carbocycles. The lowest BCUT2D eigenvalue weighted by Gasteiger charge is -2.32. The van der Waals surface area contributed by atoms with Crippen LogP contribution in [0, 0.1) is 5.92 Å². The normalized spacial score (nSPS) is 31.8. The number of halogens is 1. The van der Waals surface area contributed by atoms with Crippen molar-refractivity contribution in [3.63, 3.8) is 0 Å². The molecule has 1 aromatic heterocycles. The van der Waals surface area contributed by atoms with Crippen LogP contribution in [0.5, 0.6) is 0 Å². The molecule has 4 heteroatoms. The van der Waals surface area contributed by atoms with E-state index in [0.29, 0.717) is 10.7 Å². The molecule has 1 heterocycles. The Kier molecular flexibility index (Phi) is 3.44. The minimum atomic E-state index is 0.584. The Morgan fingerprint density at radius 2 is 2.33 bits per heavy atom. The molecule has 84 valence electrons. The highest BCUT2D eigenvalue weighted by atomic mass is 79.9. The summed E-state index contributed by atoms with van der Waals surface area (Å²) in [6.45, 7) is 2.28. The highest BCUT2D eigenvalue weighted by molar-refractivity contribution is 9.09. The maximum absolute atomic E-state index is 4.40. The van der Waals surface area contributed by atoms with E-state index in [0.717, 1.165) is 11.7 Å². The van der Waals surface area contributed by atoms with Gasteiger partial charge in [0.2, 0.25) is 0 Å². The summed E-state index contributed by atoms with van der Waals surface area (Å²) >= 11 is 3.74. The summed E-state index contributed by atoms with van der Waals surface area (Å²) in [4.78, 5) is 5.06. The van der Waals surface area contributed by atoms with Gasteiger partial charge in [-0.1, -0.05) is 29.3 Å². The fraction of sp³-hybridized carbons (Fsp3) is 0.818. The molecule has 2 rings (SSSR count). The molecule has 15 heavy (non-hydrogen) atoms. The van der Waals surface area contributed by atoms with Crippen LogP contribution in [-0.4, -0.2) is 19.6 Å². The molecule has 0 spiro atoms. The van der Waals surface area contributed by atoms with Crippen LogP contribution in [-0.2, 0) is 7.05 Å². The van der Waals surface area contributed by atoms with Gasteiger partial charge in [-0.15, -0.1) is 0 Å². The van der Waals surface area contributed by atoms with Gasteiger partial charge in [-0.2, -0.15) is 5.10 Å². The van der Waals surface area contributed by atoms with E-state index in [9.17, 15) is 0 Å². The molecular weight excluding hydrogens is 254 g/mol. The van der Waals surface area contributed by atoms with Crippen molar-refractivity contribution in [2.75, 3.05) is 0 Å². The van der Waals surface area contributed by atoms with E-state index in [4.69, 9.17) is 0 Å². The summed E-state index contributed by atoms with van der Waals surface area (Å²) in [5.41, 5.74) is 0. The molecular formula is C11H18BrN3. The average Bonchev–Trinajstić information content (AvgIpc) is 2.64. The summed E-state index contributed by atoms with van der Waals surface area (Å²) < 4.78 is 1.93.